The molecule has 0 spiro atoms. The van der Waals surface area contributed by atoms with Crippen LogP contribution in [-0.2, 0) is 4.79 Å². The molecule has 0 saturated carbocycles. The van der Waals surface area contributed by atoms with Crippen molar-refractivity contribution in [3.8, 4) is 17.2 Å². The summed E-state index contributed by atoms with van der Waals surface area (Å²) in [6, 6.07) is 18.9. The minimum Gasteiger partial charge on any atom is -0.484 e. The Kier molecular flexibility index (Phi) is 6.47. The molecule has 4 aromatic rings. The van der Waals surface area contributed by atoms with Crippen LogP contribution in [0.25, 0.3) is 22.6 Å². The number of hydrogen-bond acceptors (Lipinski definition) is 4. The van der Waals surface area contributed by atoms with Gasteiger partial charge in [-0.15, -0.1) is 0 Å². The fraction of sp³-hybridized carbons (Fsp3) is 0.231. The molecule has 0 aliphatic rings. The molecule has 0 aliphatic carbocycles. The van der Waals surface area contributed by atoms with Gasteiger partial charge in [0, 0.05) is 5.56 Å². The van der Waals surface area contributed by atoms with Gasteiger partial charge in [-0.25, -0.2) is 4.98 Å². The Bertz CT molecular complexity index is 1250. The number of hydrogen-bond donors (Lipinski definition) is 1. The Morgan fingerprint density at radius 2 is 1.91 bits per heavy atom. The Morgan fingerprint density at radius 1 is 1.12 bits per heavy atom. The van der Waals surface area contributed by atoms with Crippen LogP contribution in [0.3, 0.4) is 0 Å². The molecule has 6 heteroatoms. The van der Waals surface area contributed by atoms with Crippen LogP contribution in [0, 0.1) is 6.92 Å². The van der Waals surface area contributed by atoms with E-state index in [0.717, 1.165) is 23.1 Å². The molecule has 164 valence electrons. The number of ether oxygens (including phenoxy) is 1. The summed E-state index contributed by atoms with van der Waals surface area (Å²) in [4.78, 5) is 17.0. The molecule has 1 N–H and O–H groups in total. The molecule has 0 fully saturated rings. The number of anilines is 1. The second kappa shape index (κ2) is 9.45. The number of aryl methyl sites for hydroxylation is 1. The third-order valence-corrected chi connectivity index (χ3v) is 5.79. The summed E-state index contributed by atoms with van der Waals surface area (Å²) in [5.41, 5.74) is 5.05. The second-order valence-electron chi connectivity index (χ2n) is 7.90. The summed E-state index contributed by atoms with van der Waals surface area (Å²) in [6.45, 7) is 6.23. The van der Waals surface area contributed by atoms with Gasteiger partial charge >= 0.3 is 0 Å². The summed E-state index contributed by atoms with van der Waals surface area (Å²) in [6.07, 6.45) is 1.08. The zero-order valence-electron chi connectivity index (χ0n) is 18.3. The van der Waals surface area contributed by atoms with Gasteiger partial charge in [0.1, 0.15) is 11.3 Å². The molecule has 0 aliphatic heterocycles. The number of carbonyl (C=O) groups excluding carboxylic acids is 1. The van der Waals surface area contributed by atoms with Gasteiger partial charge in [-0.3, -0.25) is 4.79 Å². The van der Waals surface area contributed by atoms with E-state index >= 15 is 0 Å². The molecule has 0 bridgehead atoms. The second-order valence-corrected chi connectivity index (χ2v) is 8.31. The number of oxazole rings is 1. The molecule has 4 rings (SSSR count). The minimum absolute atomic E-state index is 0.120. The highest BCUT2D eigenvalue weighted by molar-refractivity contribution is 6.33. The number of fused-ring (bicyclic) bond motifs is 1. The van der Waals surface area contributed by atoms with Crippen LogP contribution < -0.4 is 10.1 Å². The van der Waals surface area contributed by atoms with E-state index in [0.29, 0.717) is 33.9 Å². The molecule has 5 nitrogen and oxygen atoms in total. The van der Waals surface area contributed by atoms with Gasteiger partial charge in [0.15, 0.2) is 12.2 Å². The molecule has 1 amide bonds. The molecule has 1 aromatic heterocycles. The topological polar surface area (TPSA) is 64.4 Å². The smallest absolute Gasteiger partial charge is 0.262 e. The van der Waals surface area contributed by atoms with E-state index < -0.39 is 0 Å². The van der Waals surface area contributed by atoms with Gasteiger partial charge in [-0.05, 0) is 72.9 Å². The van der Waals surface area contributed by atoms with Crippen molar-refractivity contribution in [3.63, 3.8) is 0 Å². The maximum atomic E-state index is 12.5. The minimum atomic E-state index is -0.303. The van der Waals surface area contributed by atoms with Gasteiger partial charge in [0.2, 0.25) is 5.89 Å². The Balaban J connectivity index is 1.43. The first kappa shape index (κ1) is 21.9. The standard InChI is InChI=1S/C26H25ClN2O3/c1-4-17(3)18-6-9-20(10-7-18)31-15-25(30)28-22-14-19(8-11-21(22)27)26-29-23-13-16(2)5-12-24(23)32-26/h5-14,17H,4,15H2,1-3H3,(H,28,30)/t17-/m0/s1. The summed E-state index contributed by atoms with van der Waals surface area (Å²) in [5.74, 6) is 1.31. The van der Waals surface area contributed by atoms with Crippen molar-refractivity contribution in [3.05, 3.63) is 76.8 Å². The van der Waals surface area contributed by atoms with Crippen LogP contribution in [0.5, 0.6) is 5.75 Å². The summed E-state index contributed by atoms with van der Waals surface area (Å²) in [5, 5.41) is 3.23. The van der Waals surface area contributed by atoms with Crippen LogP contribution in [-0.4, -0.2) is 17.5 Å². The predicted molar refractivity (Wildman–Crippen MR) is 128 cm³/mol. The van der Waals surface area contributed by atoms with E-state index in [4.69, 9.17) is 20.8 Å². The zero-order chi connectivity index (χ0) is 22.7. The van der Waals surface area contributed by atoms with Gasteiger partial charge in [0.05, 0.1) is 10.7 Å². The van der Waals surface area contributed by atoms with Crippen LogP contribution >= 0.6 is 11.6 Å². The monoisotopic (exact) mass is 448 g/mol. The molecule has 1 atom stereocenters. The maximum Gasteiger partial charge on any atom is 0.262 e. The fourth-order valence-electron chi connectivity index (χ4n) is 3.38. The number of benzene rings is 3. The van der Waals surface area contributed by atoms with Crippen LogP contribution in [0.2, 0.25) is 5.02 Å². The molecule has 3 aromatic carbocycles. The lowest BCUT2D eigenvalue weighted by atomic mass is 9.99. The number of carbonyl (C=O) groups is 1. The van der Waals surface area contributed by atoms with Crippen molar-refractivity contribution >= 4 is 34.3 Å². The molecule has 0 saturated heterocycles. The fourth-order valence-corrected chi connectivity index (χ4v) is 3.54. The van der Waals surface area contributed by atoms with Gasteiger partial charge in [-0.2, -0.15) is 0 Å². The Hall–Kier alpha value is -3.31. The number of nitrogens with zero attached hydrogens (tertiary/aromatic N) is 1. The van der Waals surface area contributed by atoms with Gasteiger partial charge in [0.25, 0.3) is 5.91 Å². The van der Waals surface area contributed by atoms with Gasteiger partial charge < -0.3 is 14.5 Å². The van der Waals surface area contributed by atoms with Gasteiger partial charge in [-0.1, -0.05) is 43.6 Å². The number of amides is 1. The Labute approximate surface area is 192 Å². The van der Waals surface area contributed by atoms with E-state index in [1.807, 2.05) is 55.5 Å². The SMILES string of the molecule is CC[C@H](C)c1ccc(OCC(=O)Nc2cc(-c3nc4cc(C)ccc4o3)ccc2Cl)cc1. The first-order chi connectivity index (χ1) is 15.4. The average Bonchev–Trinajstić information content (AvgIpc) is 3.22. The quantitative estimate of drug-likeness (QED) is 0.331. The molecule has 32 heavy (non-hydrogen) atoms. The lowest BCUT2D eigenvalue weighted by Gasteiger charge is -2.11. The lowest BCUT2D eigenvalue weighted by molar-refractivity contribution is -0.118. The summed E-state index contributed by atoms with van der Waals surface area (Å²) >= 11 is 6.30. The summed E-state index contributed by atoms with van der Waals surface area (Å²) < 4.78 is 11.5. The van der Waals surface area contributed by atoms with E-state index in [1.54, 1.807) is 12.1 Å². The number of rotatable bonds is 7. The van der Waals surface area contributed by atoms with Crippen LogP contribution in [0.15, 0.2) is 65.1 Å². The largest absolute Gasteiger partial charge is 0.484 e. The Morgan fingerprint density at radius 3 is 2.66 bits per heavy atom. The van der Waals surface area contributed by atoms with Crippen molar-refractivity contribution in [1.82, 2.24) is 4.98 Å². The first-order valence-corrected chi connectivity index (χ1v) is 11.0. The molecule has 0 radical (unpaired) electrons. The number of halogens is 1. The van der Waals surface area contributed by atoms with E-state index in [2.05, 4.69) is 24.1 Å². The average molecular weight is 449 g/mol. The molecular formula is C26H25ClN2O3. The highest BCUT2D eigenvalue weighted by atomic mass is 35.5. The highest BCUT2D eigenvalue weighted by Gasteiger charge is 2.13. The van der Waals surface area contributed by atoms with Crippen molar-refractivity contribution in [2.45, 2.75) is 33.1 Å². The normalized spacial score (nSPS) is 12.0. The van der Waals surface area contributed by atoms with Crippen molar-refractivity contribution in [2.75, 3.05) is 11.9 Å². The van der Waals surface area contributed by atoms with Crippen molar-refractivity contribution in [1.29, 1.82) is 0 Å². The highest BCUT2D eigenvalue weighted by Crippen LogP contribution is 2.31. The first-order valence-electron chi connectivity index (χ1n) is 10.6. The summed E-state index contributed by atoms with van der Waals surface area (Å²) in [7, 11) is 0. The molecular weight excluding hydrogens is 424 g/mol. The van der Waals surface area contributed by atoms with E-state index in [1.165, 1.54) is 5.56 Å². The maximum absolute atomic E-state index is 12.5. The van der Waals surface area contributed by atoms with Crippen LogP contribution in [0.4, 0.5) is 5.69 Å². The van der Waals surface area contributed by atoms with E-state index in [9.17, 15) is 4.79 Å². The lowest BCUT2D eigenvalue weighted by Crippen LogP contribution is -2.20. The van der Waals surface area contributed by atoms with Crippen LogP contribution in [0.1, 0.15) is 37.3 Å². The van der Waals surface area contributed by atoms with E-state index in [-0.39, 0.29) is 12.5 Å². The third-order valence-electron chi connectivity index (χ3n) is 5.46. The van der Waals surface area contributed by atoms with Crippen molar-refractivity contribution in [2.24, 2.45) is 0 Å². The number of nitrogens with one attached hydrogen (secondary N) is 1. The predicted octanol–water partition coefficient (Wildman–Crippen LogP) is 6.99. The zero-order valence-corrected chi connectivity index (χ0v) is 19.1. The number of aromatic nitrogens is 1. The van der Waals surface area contributed by atoms with Crippen molar-refractivity contribution < 1.29 is 13.9 Å². The third kappa shape index (κ3) is 4.94. The molecule has 1 heterocycles. The molecule has 0 unspecified atom stereocenters.